The molecule has 156 valence electrons. The third-order valence-corrected chi connectivity index (χ3v) is 8.30. The van der Waals surface area contributed by atoms with Crippen LogP contribution in [0, 0.1) is 6.92 Å². The molecule has 1 aliphatic carbocycles. The van der Waals surface area contributed by atoms with Gasteiger partial charge >= 0.3 is 0 Å². The third kappa shape index (κ3) is 3.53. The number of hydrogen-bond acceptors (Lipinski definition) is 8. The molecular weight excluding hydrogens is 438 g/mol. The molecule has 5 rings (SSSR count). The molecular formula is C21H21N3O3S3. The fourth-order valence-corrected chi connectivity index (χ4v) is 6.73. The van der Waals surface area contributed by atoms with Crippen LogP contribution in [-0.2, 0) is 29.9 Å². The van der Waals surface area contributed by atoms with Gasteiger partial charge < -0.3 is 9.15 Å². The first kappa shape index (κ1) is 20.0. The van der Waals surface area contributed by atoms with E-state index in [1.54, 1.807) is 34.4 Å². The fraction of sp³-hybridized carbons (Fsp3) is 0.381. The van der Waals surface area contributed by atoms with Gasteiger partial charge in [0, 0.05) is 17.7 Å². The summed E-state index contributed by atoms with van der Waals surface area (Å²) in [6.45, 7) is 2.89. The van der Waals surface area contributed by atoms with Crippen molar-refractivity contribution in [2.24, 2.45) is 0 Å². The van der Waals surface area contributed by atoms with Gasteiger partial charge in [-0.2, -0.15) is 0 Å². The molecule has 0 radical (unpaired) electrons. The van der Waals surface area contributed by atoms with Gasteiger partial charge in [-0.15, -0.1) is 22.7 Å². The second-order valence-corrected chi connectivity index (χ2v) is 10.1. The Balaban J connectivity index is 1.48. The van der Waals surface area contributed by atoms with Crippen LogP contribution in [0.15, 0.2) is 31.9 Å². The first-order valence-electron chi connectivity index (χ1n) is 9.82. The van der Waals surface area contributed by atoms with Gasteiger partial charge in [-0.05, 0) is 43.2 Å². The number of rotatable bonds is 7. The molecule has 0 fully saturated rings. The van der Waals surface area contributed by atoms with Gasteiger partial charge in [-0.3, -0.25) is 9.36 Å². The molecule has 6 nitrogen and oxygen atoms in total. The lowest BCUT2D eigenvalue weighted by atomic mass is 10.2. The van der Waals surface area contributed by atoms with Gasteiger partial charge in [-0.25, -0.2) is 9.97 Å². The normalized spacial score (nSPS) is 13.4. The fourth-order valence-electron chi connectivity index (χ4n) is 3.75. The number of aromatic nitrogens is 3. The highest BCUT2D eigenvalue weighted by atomic mass is 32.2. The Bertz CT molecular complexity index is 1250. The number of hydrogen-bond donors (Lipinski definition) is 0. The first-order chi connectivity index (χ1) is 14.7. The van der Waals surface area contributed by atoms with Crippen LogP contribution in [0.1, 0.15) is 28.3 Å². The van der Waals surface area contributed by atoms with Crippen LogP contribution >= 0.6 is 34.4 Å². The number of methoxy groups -OCH3 is 1. The van der Waals surface area contributed by atoms with E-state index in [4.69, 9.17) is 14.1 Å². The van der Waals surface area contributed by atoms with Gasteiger partial charge in [0.2, 0.25) is 5.89 Å². The SMILES string of the molecule is COCCn1c(SCc2nc(-c3cccs3)oc2C)nc2sc3c(c2c1=O)CCC3. The van der Waals surface area contributed by atoms with Crippen molar-refractivity contribution in [2.45, 2.75) is 43.6 Å². The van der Waals surface area contributed by atoms with Crippen molar-refractivity contribution < 1.29 is 9.15 Å². The van der Waals surface area contributed by atoms with E-state index in [1.165, 1.54) is 22.2 Å². The van der Waals surface area contributed by atoms with E-state index in [9.17, 15) is 4.79 Å². The average molecular weight is 460 g/mol. The molecule has 0 unspecified atom stereocenters. The number of aryl methyl sites for hydroxylation is 3. The van der Waals surface area contributed by atoms with Crippen LogP contribution in [-0.4, -0.2) is 28.3 Å². The van der Waals surface area contributed by atoms with Crippen molar-refractivity contribution in [1.82, 2.24) is 14.5 Å². The Hall–Kier alpha value is -1.94. The summed E-state index contributed by atoms with van der Waals surface area (Å²) in [4.78, 5) is 26.1. The Morgan fingerprint density at radius 2 is 2.23 bits per heavy atom. The van der Waals surface area contributed by atoms with Crippen LogP contribution in [0.25, 0.3) is 21.0 Å². The monoisotopic (exact) mass is 459 g/mol. The zero-order valence-corrected chi connectivity index (χ0v) is 19.2. The molecule has 0 aliphatic heterocycles. The van der Waals surface area contributed by atoms with E-state index >= 15 is 0 Å². The molecule has 1 aliphatic rings. The first-order valence-corrected chi connectivity index (χ1v) is 12.5. The summed E-state index contributed by atoms with van der Waals surface area (Å²) < 4.78 is 12.9. The van der Waals surface area contributed by atoms with Crippen LogP contribution in [0.2, 0.25) is 0 Å². The quantitative estimate of drug-likeness (QED) is 0.289. The Morgan fingerprint density at radius 3 is 3.03 bits per heavy atom. The second-order valence-electron chi connectivity index (χ2n) is 7.17. The third-order valence-electron chi connectivity index (χ3n) is 5.27. The zero-order valence-electron chi connectivity index (χ0n) is 16.8. The number of thiophene rings is 2. The lowest BCUT2D eigenvalue weighted by Gasteiger charge is -2.11. The van der Waals surface area contributed by atoms with Crippen molar-refractivity contribution >= 4 is 44.7 Å². The summed E-state index contributed by atoms with van der Waals surface area (Å²) in [5.74, 6) is 2.04. The maximum Gasteiger partial charge on any atom is 0.263 e. The highest BCUT2D eigenvalue weighted by Crippen LogP contribution is 2.36. The van der Waals surface area contributed by atoms with Crippen LogP contribution in [0.4, 0.5) is 0 Å². The summed E-state index contributed by atoms with van der Waals surface area (Å²) in [6.07, 6.45) is 3.16. The molecule has 4 heterocycles. The molecule has 0 bridgehead atoms. The molecule has 4 aromatic rings. The van der Waals surface area contributed by atoms with Gasteiger partial charge in [-0.1, -0.05) is 17.8 Å². The molecule has 0 aromatic carbocycles. The molecule has 0 saturated carbocycles. The predicted molar refractivity (Wildman–Crippen MR) is 122 cm³/mol. The molecule has 30 heavy (non-hydrogen) atoms. The van der Waals surface area contributed by atoms with Crippen molar-refractivity contribution in [2.75, 3.05) is 13.7 Å². The molecule has 0 atom stereocenters. The van der Waals surface area contributed by atoms with Crippen LogP contribution < -0.4 is 5.56 Å². The lowest BCUT2D eigenvalue weighted by Crippen LogP contribution is -2.25. The van der Waals surface area contributed by atoms with Gasteiger partial charge in [0.1, 0.15) is 10.6 Å². The summed E-state index contributed by atoms with van der Waals surface area (Å²) in [5, 5.41) is 3.53. The van der Waals surface area contributed by atoms with E-state index in [2.05, 4.69) is 4.98 Å². The van der Waals surface area contributed by atoms with E-state index < -0.39 is 0 Å². The second kappa shape index (κ2) is 8.30. The van der Waals surface area contributed by atoms with Gasteiger partial charge in [0.05, 0.1) is 29.1 Å². The van der Waals surface area contributed by atoms with Crippen molar-refractivity contribution in [1.29, 1.82) is 0 Å². The summed E-state index contributed by atoms with van der Waals surface area (Å²) in [6, 6.07) is 3.99. The maximum absolute atomic E-state index is 13.3. The topological polar surface area (TPSA) is 70.2 Å². The minimum atomic E-state index is 0.0510. The summed E-state index contributed by atoms with van der Waals surface area (Å²) >= 11 is 4.81. The van der Waals surface area contributed by atoms with E-state index in [-0.39, 0.29) is 5.56 Å². The number of ether oxygens (including phenoxy) is 1. The highest BCUT2D eigenvalue weighted by molar-refractivity contribution is 7.98. The Morgan fingerprint density at radius 1 is 1.33 bits per heavy atom. The number of thioether (sulfide) groups is 1. The molecule has 0 amide bonds. The maximum atomic E-state index is 13.3. The molecule has 4 aromatic heterocycles. The van der Waals surface area contributed by atoms with Crippen LogP contribution in [0.5, 0.6) is 0 Å². The largest absolute Gasteiger partial charge is 0.440 e. The Kier molecular flexibility index (Phi) is 5.53. The van der Waals surface area contributed by atoms with Crippen molar-refractivity contribution in [3.63, 3.8) is 0 Å². The lowest BCUT2D eigenvalue weighted by molar-refractivity contribution is 0.183. The van der Waals surface area contributed by atoms with Crippen molar-refractivity contribution in [3.8, 4) is 10.8 Å². The van der Waals surface area contributed by atoms with Crippen molar-refractivity contribution in [3.05, 3.63) is 49.8 Å². The van der Waals surface area contributed by atoms with E-state index in [0.717, 1.165) is 45.8 Å². The average Bonchev–Trinajstić information content (AvgIpc) is 3.50. The molecule has 0 N–H and O–H groups in total. The number of oxazole rings is 1. The highest BCUT2D eigenvalue weighted by Gasteiger charge is 2.23. The number of nitrogens with zero attached hydrogens (tertiary/aromatic N) is 3. The number of fused-ring (bicyclic) bond motifs is 3. The minimum absolute atomic E-state index is 0.0510. The summed E-state index contributed by atoms with van der Waals surface area (Å²) in [7, 11) is 1.65. The molecule has 0 spiro atoms. The van der Waals surface area contributed by atoms with E-state index in [0.29, 0.717) is 30.0 Å². The Labute approximate surface area is 185 Å². The summed E-state index contributed by atoms with van der Waals surface area (Å²) in [5.41, 5.74) is 2.14. The van der Waals surface area contributed by atoms with Crippen LogP contribution in [0.3, 0.4) is 0 Å². The minimum Gasteiger partial charge on any atom is -0.440 e. The molecule has 0 saturated heterocycles. The molecule has 9 heteroatoms. The van der Waals surface area contributed by atoms with Gasteiger partial charge in [0.15, 0.2) is 5.16 Å². The van der Waals surface area contributed by atoms with Gasteiger partial charge in [0.25, 0.3) is 5.56 Å². The van der Waals surface area contributed by atoms with E-state index in [1.807, 2.05) is 24.4 Å². The predicted octanol–water partition coefficient (Wildman–Crippen LogP) is 4.91. The standard InChI is InChI=1S/C21H21N3O3S3/c1-12-14(22-18(27-12)16-7-4-10-28-16)11-29-21-23-19-17(13-5-3-6-15(13)30-19)20(25)24(21)8-9-26-2/h4,7,10H,3,5-6,8-9,11H2,1-2H3. The zero-order chi connectivity index (χ0) is 20.7. The smallest absolute Gasteiger partial charge is 0.263 e.